The summed E-state index contributed by atoms with van der Waals surface area (Å²) >= 11 is 0. The van der Waals surface area contributed by atoms with Crippen LogP contribution in [0.25, 0.3) is 0 Å². The van der Waals surface area contributed by atoms with Crippen LogP contribution >= 0.6 is 0 Å². The average Bonchev–Trinajstić information content (AvgIpc) is 3.47. The second kappa shape index (κ2) is 8.68. The number of fused-ring (bicyclic) bond motifs is 1. The molecule has 3 aliphatic heterocycles. The molecular formula is C25H30N2O3. The van der Waals surface area contributed by atoms with Gasteiger partial charge < -0.3 is 14.4 Å². The molecule has 3 heterocycles. The molecule has 0 atom stereocenters. The van der Waals surface area contributed by atoms with Crippen molar-refractivity contribution in [2.45, 2.75) is 44.8 Å². The minimum absolute atomic E-state index is 0.144. The molecule has 0 aliphatic carbocycles. The van der Waals surface area contributed by atoms with Crippen molar-refractivity contribution in [2.24, 2.45) is 0 Å². The molecule has 1 amide bonds. The van der Waals surface area contributed by atoms with Crippen LogP contribution in [0.15, 0.2) is 42.5 Å². The molecule has 5 heteroatoms. The Balaban J connectivity index is 1.10. The van der Waals surface area contributed by atoms with Gasteiger partial charge in [0.1, 0.15) is 17.6 Å². The van der Waals surface area contributed by atoms with E-state index in [2.05, 4.69) is 23.1 Å². The fourth-order valence-electron chi connectivity index (χ4n) is 4.75. The number of piperidine rings is 1. The summed E-state index contributed by atoms with van der Waals surface area (Å²) < 4.78 is 11.8. The fourth-order valence-corrected chi connectivity index (χ4v) is 4.75. The molecule has 0 saturated carbocycles. The number of carbonyl (C=O) groups excluding carboxylic acids is 1. The highest BCUT2D eigenvalue weighted by molar-refractivity contribution is 5.94. The first-order valence-electron chi connectivity index (χ1n) is 11.3. The van der Waals surface area contributed by atoms with Gasteiger partial charge in [0, 0.05) is 44.7 Å². The van der Waals surface area contributed by atoms with Crippen LogP contribution < -0.4 is 9.47 Å². The molecule has 158 valence electrons. The minimum Gasteiger partial charge on any atom is -0.493 e. The average molecular weight is 407 g/mol. The molecule has 0 bridgehead atoms. The lowest BCUT2D eigenvalue weighted by atomic mass is 10.0. The molecule has 2 aromatic rings. The smallest absolute Gasteiger partial charge is 0.253 e. The highest BCUT2D eigenvalue weighted by Crippen LogP contribution is 2.27. The Bertz CT molecular complexity index is 882. The van der Waals surface area contributed by atoms with Gasteiger partial charge in [0.25, 0.3) is 5.91 Å². The molecule has 5 nitrogen and oxygen atoms in total. The normalized spacial score (nSPS) is 19.5. The van der Waals surface area contributed by atoms with Crippen LogP contribution in [0.4, 0.5) is 0 Å². The zero-order chi connectivity index (χ0) is 20.3. The van der Waals surface area contributed by atoms with Gasteiger partial charge in [-0.2, -0.15) is 0 Å². The van der Waals surface area contributed by atoms with Crippen LogP contribution in [0.1, 0.15) is 47.2 Å². The van der Waals surface area contributed by atoms with E-state index in [1.54, 1.807) is 0 Å². The molecule has 0 aromatic heterocycles. The van der Waals surface area contributed by atoms with Crippen molar-refractivity contribution in [3.8, 4) is 11.5 Å². The third kappa shape index (κ3) is 4.31. The topological polar surface area (TPSA) is 42.0 Å². The molecule has 2 saturated heterocycles. The number of hydrogen-bond donors (Lipinski definition) is 0. The standard InChI is InChI=1S/C25H30N2O3/c28-25(27-12-1-2-13-27)20-4-6-22(7-5-20)30-23-9-14-26(15-10-23)18-19-3-8-24-21(17-19)11-16-29-24/h3-8,17,23H,1-2,9-16,18H2. The van der Waals surface area contributed by atoms with Gasteiger partial charge in [0.15, 0.2) is 0 Å². The van der Waals surface area contributed by atoms with E-state index in [9.17, 15) is 4.79 Å². The molecular weight excluding hydrogens is 376 g/mol. The summed E-state index contributed by atoms with van der Waals surface area (Å²) in [5.41, 5.74) is 3.48. The second-order valence-electron chi connectivity index (χ2n) is 8.66. The van der Waals surface area contributed by atoms with E-state index in [1.807, 2.05) is 29.2 Å². The molecule has 3 aliphatic rings. The van der Waals surface area contributed by atoms with Gasteiger partial charge in [-0.05, 0) is 67.1 Å². The molecule has 2 fully saturated rings. The van der Waals surface area contributed by atoms with Gasteiger partial charge in [-0.3, -0.25) is 9.69 Å². The summed E-state index contributed by atoms with van der Waals surface area (Å²) in [6, 6.07) is 14.3. The molecule has 0 radical (unpaired) electrons. The Morgan fingerprint density at radius 3 is 2.53 bits per heavy atom. The first-order valence-corrected chi connectivity index (χ1v) is 11.3. The number of amides is 1. The lowest BCUT2D eigenvalue weighted by molar-refractivity contribution is 0.0792. The van der Waals surface area contributed by atoms with E-state index < -0.39 is 0 Å². The van der Waals surface area contributed by atoms with Crippen molar-refractivity contribution in [1.29, 1.82) is 0 Å². The summed E-state index contributed by atoms with van der Waals surface area (Å²) in [6.07, 6.45) is 5.57. The Hall–Kier alpha value is -2.53. The van der Waals surface area contributed by atoms with Crippen molar-refractivity contribution < 1.29 is 14.3 Å². The summed E-state index contributed by atoms with van der Waals surface area (Å²) in [6.45, 7) is 5.67. The van der Waals surface area contributed by atoms with E-state index in [0.717, 1.165) is 88.5 Å². The summed E-state index contributed by atoms with van der Waals surface area (Å²) in [5.74, 6) is 2.06. The van der Waals surface area contributed by atoms with Gasteiger partial charge in [0.2, 0.25) is 0 Å². The van der Waals surface area contributed by atoms with Crippen LogP contribution in [0.5, 0.6) is 11.5 Å². The van der Waals surface area contributed by atoms with E-state index in [-0.39, 0.29) is 12.0 Å². The lowest BCUT2D eigenvalue weighted by Crippen LogP contribution is -2.37. The first kappa shape index (κ1) is 19.4. The molecule has 0 N–H and O–H groups in total. The van der Waals surface area contributed by atoms with Crippen molar-refractivity contribution in [3.05, 3.63) is 59.2 Å². The van der Waals surface area contributed by atoms with E-state index >= 15 is 0 Å². The molecule has 5 rings (SSSR count). The maximum atomic E-state index is 12.5. The largest absolute Gasteiger partial charge is 0.493 e. The monoisotopic (exact) mass is 406 g/mol. The van der Waals surface area contributed by atoms with Gasteiger partial charge >= 0.3 is 0 Å². The zero-order valence-corrected chi connectivity index (χ0v) is 17.5. The molecule has 2 aromatic carbocycles. The van der Waals surface area contributed by atoms with E-state index in [0.29, 0.717) is 0 Å². The number of rotatable bonds is 5. The van der Waals surface area contributed by atoms with Crippen molar-refractivity contribution >= 4 is 5.91 Å². The van der Waals surface area contributed by atoms with Crippen LogP contribution in [-0.4, -0.2) is 54.6 Å². The lowest BCUT2D eigenvalue weighted by Gasteiger charge is -2.32. The van der Waals surface area contributed by atoms with Gasteiger partial charge in [0.05, 0.1) is 6.61 Å². The van der Waals surface area contributed by atoms with Crippen LogP contribution in [0.3, 0.4) is 0 Å². The fraction of sp³-hybridized carbons (Fsp3) is 0.480. The second-order valence-corrected chi connectivity index (χ2v) is 8.66. The third-order valence-corrected chi connectivity index (χ3v) is 6.49. The highest BCUT2D eigenvalue weighted by atomic mass is 16.5. The highest BCUT2D eigenvalue weighted by Gasteiger charge is 2.22. The Morgan fingerprint density at radius 2 is 1.77 bits per heavy atom. The molecule has 30 heavy (non-hydrogen) atoms. The summed E-state index contributed by atoms with van der Waals surface area (Å²) in [5, 5.41) is 0. The number of ether oxygens (including phenoxy) is 2. The Labute approximate surface area is 178 Å². The molecule has 0 unspecified atom stereocenters. The van der Waals surface area contributed by atoms with E-state index in [1.165, 1.54) is 11.1 Å². The van der Waals surface area contributed by atoms with Gasteiger partial charge in [-0.15, -0.1) is 0 Å². The van der Waals surface area contributed by atoms with Crippen LogP contribution in [0.2, 0.25) is 0 Å². The number of carbonyl (C=O) groups is 1. The summed E-state index contributed by atoms with van der Waals surface area (Å²) in [4.78, 5) is 16.9. The number of hydrogen-bond acceptors (Lipinski definition) is 4. The maximum absolute atomic E-state index is 12.5. The van der Waals surface area contributed by atoms with Gasteiger partial charge in [-0.1, -0.05) is 12.1 Å². The quantitative estimate of drug-likeness (QED) is 0.755. The van der Waals surface area contributed by atoms with Gasteiger partial charge in [-0.25, -0.2) is 0 Å². The molecule has 0 spiro atoms. The minimum atomic E-state index is 0.144. The number of benzene rings is 2. The Morgan fingerprint density at radius 1 is 1.00 bits per heavy atom. The van der Waals surface area contributed by atoms with Crippen LogP contribution in [-0.2, 0) is 13.0 Å². The van der Waals surface area contributed by atoms with Crippen molar-refractivity contribution in [1.82, 2.24) is 9.80 Å². The van der Waals surface area contributed by atoms with E-state index in [4.69, 9.17) is 9.47 Å². The SMILES string of the molecule is O=C(c1ccc(OC2CCN(Cc3ccc4c(c3)CCO4)CC2)cc1)N1CCCC1. The number of likely N-dealkylation sites (tertiary alicyclic amines) is 2. The van der Waals surface area contributed by atoms with Crippen molar-refractivity contribution in [2.75, 3.05) is 32.8 Å². The third-order valence-electron chi connectivity index (χ3n) is 6.49. The van der Waals surface area contributed by atoms with Crippen molar-refractivity contribution in [3.63, 3.8) is 0 Å². The Kier molecular flexibility index (Phi) is 5.63. The zero-order valence-electron chi connectivity index (χ0n) is 17.5. The predicted molar refractivity (Wildman–Crippen MR) is 116 cm³/mol. The van der Waals surface area contributed by atoms with Crippen LogP contribution in [0, 0.1) is 0 Å². The maximum Gasteiger partial charge on any atom is 0.253 e. The predicted octanol–water partition coefficient (Wildman–Crippen LogP) is 3.90. The number of nitrogens with zero attached hydrogens (tertiary/aromatic N) is 2. The first-order chi connectivity index (χ1) is 14.7. The summed E-state index contributed by atoms with van der Waals surface area (Å²) in [7, 11) is 0.